The molecule has 0 spiro atoms. The Morgan fingerprint density at radius 3 is 2.70 bits per heavy atom. The molecule has 1 saturated carbocycles. The number of rotatable bonds is 7. The minimum Gasteiger partial charge on any atom is -0.396 e. The van der Waals surface area contributed by atoms with E-state index in [-0.39, 0.29) is 24.6 Å². The van der Waals surface area contributed by atoms with Gasteiger partial charge in [0.2, 0.25) is 17.2 Å². The predicted molar refractivity (Wildman–Crippen MR) is 118 cm³/mol. The van der Waals surface area contributed by atoms with Crippen molar-refractivity contribution in [2.75, 3.05) is 11.9 Å². The Morgan fingerprint density at radius 2 is 1.97 bits per heavy atom. The average Bonchev–Trinajstić information content (AvgIpc) is 3.19. The fraction of sp³-hybridized carbons (Fsp3) is 0.429. The van der Waals surface area contributed by atoms with Crippen LogP contribution in [-0.2, 0) is 11.3 Å². The van der Waals surface area contributed by atoms with Crippen LogP contribution in [0, 0.1) is 0 Å². The number of anilines is 1. The van der Waals surface area contributed by atoms with Crippen molar-refractivity contribution in [2.45, 2.75) is 50.6 Å². The largest absolute Gasteiger partial charge is 0.396 e. The molecule has 2 aromatic heterocycles. The average molecular weight is 430 g/mol. The predicted octanol–water partition coefficient (Wildman–Crippen LogP) is 2.97. The molecule has 9 heteroatoms. The van der Waals surface area contributed by atoms with Crippen LogP contribution < -0.4 is 10.0 Å². The lowest BCUT2D eigenvalue weighted by atomic mass is 9.92. The lowest BCUT2D eigenvalue weighted by Crippen LogP contribution is -2.37. The Bertz CT molecular complexity index is 1030. The van der Waals surface area contributed by atoms with Crippen molar-refractivity contribution < 1.29 is 13.9 Å². The van der Waals surface area contributed by atoms with Crippen molar-refractivity contribution in [3.05, 3.63) is 48.3 Å². The Hall–Kier alpha value is -2.33. The third-order valence-electron chi connectivity index (χ3n) is 5.79. The van der Waals surface area contributed by atoms with Crippen molar-refractivity contribution in [2.24, 2.45) is 0 Å². The zero-order chi connectivity index (χ0) is 21.1. The van der Waals surface area contributed by atoms with Crippen molar-refractivity contribution in [3.63, 3.8) is 0 Å². The summed E-state index contributed by atoms with van der Waals surface area (Å²) < 4.78 is 24.6. The highest BCUT2D eigenvalue weighted by molar-refractivity contribution is 7.77. The van der Waals surface area contributed by atoms with Crippen molar-refractivity contribution >= 4 is 28.1 Å². The smallest absolute Gasteiger partial charge is 0.231 e. The number of hydrogen-bond acceptors (Lipinski definition) is 5. The molecule has 1 aromatic carbocycles. The number of fused-ring (bicyclic) bond motifs is 1. The number of aromatic nitrogens is 3. The molecule has 0 aliphatic heterocycles. The van der Waals surface area contributed by atoms with Gasteiger partial charge in [-0.3, -0.25) is 4.55 Å². The molecule has 4 N–H and O–H groups in total. The first kappa shape index (κ1) is 20.9. The standard InChI is InChI=1S/C21H27N5O3S/c1-14(13-27)17-3-2-4-19-18(17)10-12-26(19)20-9-11-22-21(24-20)23-15-5-7-16(8-6-15)25-30(28)29/h2-4,9-12,14-16,25,27H,5-8,13H2,1H3,(H,28,29)(H,22,23,24). The number of nitrogens with one attached hydrogen (secondary N) is 2. The third-order valence-corrected chi connectivity index (χ3v) is 6.32. The topological polar surface area (TPSA) is 112 Å². The van der Waals surface area contributed by atoms with Gasteiger partial charge in [-0.25, -0.2) is 13.9 Å². The number of hydrogen-bond donors (Lipinski definition) is 4. The van der Waals surface area contributed by atoms with Gasteiger partial charge >= 0.3 is 0 Å². The summed E-state index contributed by atoms with van der Waals surface area (Å²) in [6, 6.07) is 10.4. The van der Waals surface area contributed by atoms with E-state index in [0.29, 0.717) is 5.95 Å². The molecule has 2 unspecified atom stereocenters. The van der Waals surface area contributed by atoms with Crippen molar-refractivity contribution in [1.82, 2.24) is 19.3 Å². The molecule has 0 bridgehead atoms. The number of aliphatic hydroxyl groups excluding tert-OH is 1. The molecule has 1 aliphatic carbocycles. The van der Waals surface area contributed by atoms with E-state index in [1.54, 1.807) is 6.20 Å². The molecule has 4 rings (SSSR count). The van der Waals surface area contributed by atoms with Gasteiger partial charge in [0, 0.05) is 42.4 Å². The molecule has 160 valence electrons. The highest BCUT2D eigenvalue weighted by Gasteiger charge is 2.22. The maximum atomic E-state index is 10.9. The normalized spacial score (nSPS) is 21.4. The summed E-state index contributed by atoms with van der Waals surface area (Å²) in [5.41, 5.74) is 2.16. The van der Waals surface area contributed by atoms with Gasteiger partial charge in [-0.2, -0.15) is 4.98 Å². The molecule has 0 radical (unpaired) electrons. The van der Waals surface area contributed by atoms with E-state index >= 15 is 0 Å². The van der Waals surface area contributed by atoms with Gasteiger partial charge < -0.3 is 15.0 Å². The molecule has 0 amide bonds. The van der Waals surface area contributed by atoms with Crippen LogP contribution in [0.5, 0.6) is 0 Å². The molecule has 2 heterocycles. The van der Waals surface area contributed by atoms with Gasteiger partial charge in [-0.15, -0.1) is 0 Å². The van der Waals surface area contributed by atoms with Gasteiger partial charge in [-0.05, 0) is 49.4 Å². The van der Waals surface area contributed by atoms with Crippen LogP contribution in [0.2, 0.25) is 0 Å². The Labute approximate surface area is 178 Å². The summed E-state index contributed by atoms with van der Waals surface area (Å²) in [6.45, 7) is 2.12. The van der Waals surface area contributed by atoms with Gasteiger partial charge in [-0.1, -0.05) is 19.1 Å². The minimum absolute atomic E-state index is 0.0695. The Kier molecular flexibility index (Phi) is 6.43. The van der Waals surface area contributed by atoms with Gasteiger partial charge in [0.05, 0.1) is 5.52 Å². The molecular weight excluding hydrogens is 402 g/mol. The van der Waals surface area contributed by atoms with Gasteiger partial charge in [0.1, 0.15) is 5.82 Å². The fourth-order valence-electron chi connectivity index (χ4n) is 4.15. The van der Waals surface area contributed by atoms with Crippen LogP contribution in [0.15, 0.2) is 42.7 Å². The summed E-state index contributed by atoms with van der Waals surface area (Å²) in [6.07, 6.45) is 7.18. The van der Waals surface area contributed by atoms with E-state index in [4.69, 9.17) is 9.54 Å². The second kappa shape index (κ2) is 9.22. The van der Waals surface area contributed by atoms with E-state index in [1.165, 1.54) is 0 Å². The molecule has 30 heavy (non-hydrogen) atoms. The monoisotopic (exact) mass is 429 g/mol. The molecule has 8 nitrogen and oxygen atoms in total. The molecule has 2 atom stereocenters. The first-order valence-electron chi connectivity index (χ1n) is 10.2. The summed E-state index contributed by atoms with van der Waals surface area (Å²) in [4.78, 5) is 9.09. The second-order valence-corrected chi connectivity index (χ2v) is 8.58. The molecule has 1 fully saturated rings. The zero-order valence-electron chi connectivity index (χ0n) is 16.9. The first-order chi connectivity index (χ1) is 14.5. The Balaban J connectivity index is 1.51. The zero-order valence-corrected chi connectivity index (χ0v) is 17.7. The van der Waals surface area contributed by atoms with Gasteiger partial charge in [0.15, 0.2) is 0 Å². The van der Waals surface area contributed by atoms with Crippen LogP contribution in [-0.4, -0.2) is 47.1 Å². The lowest BCUT2D eigenvalue weighted by Gasteiger charge is -2.28. The lowest BCUT2D eigenvalue weighted by molar-refractivity contribution is 0.273. The minimum atomic E-state index is -1.96. The van der Waals surface area contributed by atoms with E-state index in [1.807, 2.05) is 29.8 Å². The van der Waals surface area contributed by atoms with Crippen LogP contribution in [0.1, 0.15) is 44.1 Å². The maximum absolute atomic E-state index is 10.9. The Morgan fingerprint density at radius 1 is 1.20 bits per heavy atom. The van der Waals surface area contributed by atoms with E-state index in [9.17, 15) is 9.32 Å². The molecular formula is C21H27N5O3S. The molecule has 3 aromatic rings. The summed E-state index contributed by atoms with van der Waals surface area (Å²) in [5, 5.41) is 14.1. The third kappa shape index (κ3) is 4.54. The van der Waals surface area contributed by atoms with Crippen LogP contribution in [0.25, 0.3) is 16.7 Å². The quantitative estimate of drug-likeness (QED) is 0.430. The van der Waals surface area contributed by atoms with Crippen molar-refractivity contribution in [1.29, 1.82) is 0 Å². The van der Waals surface area contributed by atoms with Crippen LogP contribution >= 0.6 is 0 Å². The number of aliphatic hydroxyl groups is 1. The fourth-order valence-corrected chi connectivity index (χ4v) is 4.67. The number of benzene rings is 1. The van der Waals surface area contributed by atoms with Crippen molar-refractivity contribution in [3.8, 4) is 5.82 Å². The maximum Gasteiger partial charge on any atom is 0.231 e. The SMILES string of the molecule is CC(CO)c1cccc2c1ccn2-c1ccnc(NC2CCC(NS(=O)O)CC2)n1. The number of nitrogens with zero attached hydrogens (tertiary/aromatic N) is 3. The summed E-state index contributed by atoms with van der Waals surface area (Å²) >= 11 is -1.96. The highest BCUT2D eigenvalue weighted by atomic mass is 32.2. The van der Waals surface area contributed by atoms with Crippen LogP contribution in [0.3, 0.4) is 0 Å². The van der Waals surface area contributed by atoms with Gasteiger partial charge in [0.25, 0.3) is 0 Å². The first-order valence-corrected chi connectivity index (χ1v) is 11.3. The second-order valence-electron chi connectivity index (χ2n) is 7.85. The molecule has 1 aliphatic rings. The van der Waals surface area contributed by atoms with E-state index < -0.39 is 11.3 Å². The summed E-state index contributed by atoms with van der Waals surface area (Å²) in [5.74, 6) is 1.43. The van der Waals surface area contributed by atoms with Crippen LogP contribution in [0.4, 0.5) is 5.95 Å². The molecule has 0 saturated heterocycles. The van der Waals surface area contributed by atoms with E-state index in [2.05, 4.69) is 33.2 Å². The highest BCUT2D eigenvalue weighted by Crippen LogP contribution is 2.28. The summed E-state index contributed by atoms with van der Waals surface area (Å²) in [7, 11) is 0. The van der Waals surface area contributed by atoms with E-state index in [0.717, 1.165) is 48.0 Å².